The van der Waals surface area contributed by atoms with Crippen LogP contribution in [0.15, 0.2) is 82.7 Å². The van der Waals surface area contributed by atoms with Gasteiger partial charge in [0.25, 0.3) is 5.91 Å². The van der Waals surface area contributed by atoms with Gasteiger partial charge in [0.05, 0.1) is 18.7 Å². The molecule has 1 unspecified atom stereocenters. The lowest BCUT2D eigenvalue weighted by Crippen LogP contribution is -2.32. The Balaban J connectivity index is 1.26. The Hall–Kier alpha value is -3.78. The Morgan fingerprint density at radius 3 is 2.58 bits per heavy atom. The number of carbonyl (C=O) groups is 2. The summed E-state index contributed by atoms with van der Waals surface area (Å²) in [6.45, 7) is -0.375. The van der Waals surface area contributed by atoms with Crippen molar-refractivity contribution in [1.82, 2.24) is 10.3 Å². The van der Waals surface area contributed by atoms with Gasteiger partial charge in [-0.1, -0.05) is 36.4 Å². The number of hydrogen-bond acceptors (Lipinski definition) is 6. The van der Waals surface area contributed by atoms with Crippen molar-refractivity contribution in [2.24, 2.45) is 0 Å². The van der Waals surface area contributed by atoms with Gasteiger partial charge in [0.15, 0.2) is 18.3 Å². The van der Waals surface area contributed by atoms with Gasteiger partial charge in [-0.3, -0.25) is 9.59 Å². The molecule has 8 heteroatoms. The lowest BCUT2D eigenvalue weighted by atomic mass is 10.1. The molecule has 4 rings (SSSR count). The van der Waals surface area contributed by atoms with Gasteiger partial charge in [0.1, 0.15) is 5.82 Å². The molecule has 168 valence electrons. The number of rotatable bonds is 9. The highest BCUT2D eigenvalue weighted by Gasteiger charge is 2.19. The monoisotopic (exact) mass is 464 g/mol. The third-order valence-electron chi connectivity index (χ3n) is 4.86. The molecule has 6 nitrogen and oxygen atoms in total. The van der Waals surface area contributed by atoms with Gasteiger partial charge in [-0.15, -0.1) is 11.3 Å². The van der Waals surface area contributed by atoms with E-state index in [2.05, 4.69) is 10.3 Å². The molecule has 0 saturated heterocycles. The number of nitrogens with one attached hydrogen (secondary N) is 1. The van der Waals surface area contributed by atoms with Crippen molar-refractivity contribution < 1.29 is 23.1 Å². The zero-order valence-corrected chi connectivity index (χ0v) is 18.4. The van der Waals surface area contributed by atoms with Crippen LogP contribution in [-0.4, -0.2) is 23.5 Å². The minimum atomic E-state index is -0.529. The minimum absolute atomic E-state index is 0.0175. The second-order valence-electron chi connectivity index (χ2n) is 7.21. The van der Waals surface area contributed by atoms with Crippen LogP contribution in [0.2, 0.25) is 0 Å². The van der Waals surface area contributed by atoms with E-state index in [1.807, 2.05) is 47.8 Å². The maximum atomic E-state index is 13.0. The number of thiophene rings is 1. The van der Waals surface area contributed by atoms with Gasteiger partial charge in [0.2, 0.25) is 0 Å². The Morgan fingerprint density at radius 1 is 1.06 bits per heavy atom. The third-order valence-corrected chi connectivity index (χ3v) is 5.79. The Labute approximate surface area is 194 Å². The van der Waals surface area contributed by atoms with Crippen LogP contribution < -0.4 is 5.32 Å². The molecule has 1 amide bonds. The topological polar surface area (TPSA) is 81.4 Å². The number of oxazole rings is 1. The Kier molecular flexibility index (Phi) is 7.26. The van der Waals surface area contributed by atoms with Crippen LogP contribution in [0.5, 0.6) is 0 Å². The van der Waals surface area contributed by atoms with E-state index >= 15 is 0 Å². The zero-order valence-electron chi connectivity index (χ0n) is 17.6. The number of nitrogens with zero attached hydrogens (tertiary/aromatic N) is 1. The number of aromatic nitrogens is 1. The fourth-order valence-electron chi connectivity index (χ4n) is 3.22. The summed E-state index contributed by atoms with van der Waals surface area (Å²) >= 11 is 1.54. The third kappa shape index (κ3) is 6.14. The molecule has 2 aromatic carbocycles. The summed E-state index contributed by atoms with van der Waals surface area (Å²) < 4.78 is 23.8. The predicted octanol–water partition coefficient (Wildman–Crippen LogP) is 4.92. The number of amides is 1. The van der Waals surface area contributed by atoms with E-state index in [9.17, 15) is 14.0 Å². The summed E-state index contributed by atoms with van der Waals surface area (Å²) in [6, 6.07) is 19.0. The van der Waals surface area contributed by atoms with Gasteiger partial charge in [-0.25, -0.2) is 9.37 Å². The molecule has 0 aliphatic rings. The standard InChI is InChI=1S/C25H21FN2O4S/c26-19-10-8-17(9-11-19)20-15-27-23(32-20)12-13-24(30)31-16-22(29)28-25(21-7-4-14-33-21)18-5-2-1-3-6-18/h1-11,14-15,25H,12-13,16H2,(H,28,29). The molecule has 0 saturated carbocycles. The summed E-state index contributed by atoms with van der Waals surface area (Å²) in [5.41, 5.74) is 1.63. The molecule has 0 aliphatic heterocycles. The predicted molar refractivity (Wildman–Crippen MR) is 122 cm³/mol. The smallest absolute Gasteiger partial charge is 0.306 e. The van der Waals surface area contributed by atoms with Crippen molar-refractivity contribution in [2.75, 3.05) is 6.61 Å². The number of ether oxygens (including phenoxy) is 1. The van der Waals surface area contributed by atoms with Crippen molar-refractivity contribution >= 4 is 23.2 Å². The van der Waals surface area contributed by atoms with E-state index in [0.29, 0.717) is 17.2 Å². The first-order valence-corrected chi connectivity index (χ1v) is 11.2. The molecular formula is C25H21FN2O4S. The molecule has 0 aliphatic carbocycles. The van der Waals surface area contributed by atoms with E-state index in [4.69, 9.17) is 9.15 Å². The molecule has 0 radical (unpaired) electrons. The van der Waals surface area contributed by atoms with E-state index < -0.39 is 5.97 Å². The summed E-state index contributed by atoms with van der Waals surface area (Å²) in [5, 5.41) is 4.87. The molecule has 4 aromatic rings. The van der Waals surface area contributed by atoms with Crippen LogP contribution in [0.1, 0.15) is 28.8 Å². The quantitative estimate of drug-likeness (QED) is 0.356. The molecule has 1 N–H and O–H groups in total. The molecule has 33 heavy (non-hydrogen) atoms. The molecular weight excluding hydrogens is 443 g/mol. The first kappa shape index (κ1) is 22.4. The molecule has 1 atom stereocenters. The zero-order chi connectivity index (χ0) is 23.0. The maximum Gasteiger partial charge on any atom is 0.306 e. The largest absolute Gasteiger partial charge is 0.456 e. The first-order chi connectivity index (χ1) is 16.1. The lowest BCUT2D eigenvalue weighted by Gasteiger charge is -2.18. The summed E-state index contributed by atoms with van der Waals surface area (Å²) in [5.74, 6) is -0.411. The highest BCUT2D eigenvalue weighted by molar-refractivity contribution is 7.10. The van der Waals surface area contributed by atoms with E-state index in [0.717, 1.165) is 10.4 Å². The van der Waals surface area contributed by atoms with E-state index in [1.165, 1.54) is 18.3 Å². The second-order valence-corrected chi connectivity index (χ2v) is 8.19. The van der Waals surface area contributed by atoms with E-state index in [-0.39, 0.29) is 37.2 Å². The number of carbonyl (C=O) groups excluding carboxylic acids is 2. The van der Waals surface area contributed by atoms with Crippen LogP contribution >= 0.6 is 11.3 Å². The SMILES string of the molecule is O=C(COC(=O)CCc1ncc(-c2ccc(F)cc2)o1)NC(c1ccccc1)c1cccs1. The number of aryl methyl sites for hydroxylation is 1. The molecule has 2 aromatic heterocycles. The first-order valence-electron chi connectivity index (χ1n) is 10.3. The summed E-state index contributed by atoms with van der Waals surface area (Å²) in [7, 11) is 0. The number of benzene rings is 2. The Bertz CT molecular complexity index is 1190. The van der Waals surface area contributed by atoms with Crippen molar-refractivity contribution in [3.63, 3.8) is 0 Å². The lowest BCUT2D eigenvalue weighted by molar-refractivity contribution is -0.148. The normalized spacial score (nSPS) is 11.7. The number of esters is 1. The van der Waals surface area contributed by atoms with E-state index in [1.54, 1.807) is 23.5 Å². The van der Waals surface area contributed by atoms with Crippen molar-refractivity contribution in [3.8, 4) is 11.3 Å². The molecule has 0 fully saturated rings. The van der Waals surface area contributed by atoms with Gasteiger partial charge in [-0.2, -0.15) is 0 Å². The van der Waals surface area contributed by atoms with Gasteiger partial charge >= 0.3 is 5.97 Å². The average Bonchev–Trinajstić information content (AvgIpc) is 3.53. The Morgan fingerprint density at radius 2 is 1.85 bits per heavy atom. The highest BCUT2D eigenvalue weighted by Crippen LogP contribution is 2.26. The van der Waals surface area contributed by atoms with Gasteiger partial charge in [0, 0.05) is 16.9 Å². The number of halogens is 1. The second kappa shape index (κ2) is 10.7. The van der Waals surface area contributed by atoms with Gasteiger partial charge in [-0.05, 0) is 41.3 Å². The summed E-state index contributed by atoms with van der Waals surface area (Å²) in [4.78, 5) is 29.7. The van der Waals surface area contributed by atoms with Crippen LogP contribution in [0, 0.1) is 5.82 Å². The van der Waals surface area contributed by atoms with Crippen molar-refractivity contribution in [1.29, 1.82) is 0 Å². The minimum Gasteiger partial charge on any atom is -0.456 e. The maximum absolute atomic E-state index is 13.0. The fraction of sp³-hybridized carbons (Fsp3) is 0.160. The van der Waals surface area contributed by atoms with Gasteiger partial charge < -0.3 is 14.5 Å². The molecule has 0 bridgehead atoms. The van der Waals surface area contributed by atoms with Crippen molar-refractivity contribution in [3.05, 3.63) is 100 Å². The van der Waals surface area contributed by atoms with Crippen LogP contribution in [0.4, 0.5) is 4.39 Å². The highest BCUT2D eigenvalue weighted by atomic mass is 32.1. The summed E-state index contributed by atoms with van der Waals surface area (Å²) in [6.07, 6.45) is 1.77. The van der Waals surface area contributed by atoms with Crippen molar-refractivity contribution in [2.45, 2.75) is 18.9 Å². The molecule has 0 spiro atoms. The van der Waals surface area contributed by atoms with Crippen LogP contribution in [-0.2, 0) is 20.7 Å². The average molecular weight is 465 g/mol. The molecule has 2 heterocycles. The fourth-order valence-corrected chi connectivity index (χ4v) is 4.03. The van der Waals surface area contributed by atoms with Crippen LogP contribution in [0.25, 0.3) is 11.3 Å². The van der Waals surface area contributed by atoms with Crippen LogP contribution in [0.3, 0.4) is 0 Å². The number of hydrogen-bond donors (Lipinski definition) is 1.